The smallest absolute Gasteiger partial charge is 0.194 e. The molecule has 1 aliphatic carbocycles. The number of halogens is 2. The number of guanidine groups is 1. The van der Waals surface area contributed by atoms with Crippen molar-refractivity contribution in [3.8, 4) is 0 Å². The first kappa shape index (κ1) is 18.2. The number of aromatic nitrogens is 1. The predicted octanol–water partition coefficient (Wildman–Crippen LogP) is 4.31. The van der Waals surface area contributed by atoms with Crippen molar-refractivity contribution in [1.82, 2.24) is 4.98 Å². The van der Waals surface area contributed by atoms with Gasteiger partial charge in [-0.3, -0.25) is 4.99 Å². The Morgan fingerprint density at radius 1 is 1.26 bits per heavy atom. The molecule has 0 spiro atoms. The van der Waals surface area contributed by atoms with Gasteiger partial charge in [-0.1, -0.05) is 40.5 Å². The van der Waals surface area contributed by atoms with Crippen LogP contribution in [0, 0.1) is 0 Å². The normalized spacial score (nSPS) is 16.1. The predicted molar refractivity (Wildman–Crippen MR) is 109 cm³/mol. The summed E-state index contributed by atoms with van der Waals surface area (Å²) in [6.45, 7) is 0.703. The first-order chi connectivity index (χ1) is 10.7. The van der Waals surface area contributed by atoms with E-state index in [1.165, 1.54) is 12.0 Å². The van der Waals surface area contributed by atoms with Gasteiger partial charge < -0.3 is 11.1 Å². The molecule has 122 valence electrons. The summed E-state index contributed by atoms with van der Waals surface area (Å²) in [5, 5.41) is 3.03. The Bertz CT molecular complexity index is 671. The monoisotopic (exact) mass is 486 g/mol. The number of hydrogen-bond acceptors (Lipinski definition) is 2. The van der Waals surface area contributed by atoms with E-state index in [-0.39, 0.29) is 29.4 Å². The Kier molecular flexibility index (Phi) is 6.41. The van der Waals surface area contributed by atoms with Crippen molar-refractivity contribution in [3.63, 3.8) is 0 Å². The van der Waals surface area contributed by atoms with Crippen LogP contribution >= 0.6 is 39.9 Å². The lowest BCUT2D eigenvalue weighted by Crippen LogP contribution is -2.38. The van der Waals surface area contributed by atoms with E-state index in [2.05, 4.69) is 55.5 Å². The third-order valence-corrected chi connectivity index (χ3v) is 4.71. The Labute approximate surface area is 162 Å². The number of benzene rings is 1. The summed E-state index contributed by atoms with van der Waals surface area (Å²) in [6, 6.07) is 14.2. The fraction of sp³-hybridized carbons (Fsp3) is 0.294. The topological polar surface area (TPSA) is 63.3 Å². The Hall–Kier alpha value is -1.15. The molecule has 1 aromatic carbocycles. The minimum absolute atomic E-state index is 0. The Morgan fingerprint density at radius 2 is 2.09 bits per heavy atom. The van der Waals surface area contributed by atoms with E-state index in [0.29, 0.717) is 18.3 Å². The van der Waals surface area contributed by atoms with Crippen LogP contribution in [0.1, 0.15) is 24.8 Å². The standard InChI is InChI=1S/C17H19BrN4.HI/c18-14-6-3-5-13(11-14)17(8-4-9-17)12-21-16(19)22-15-7-1-2-10-20-15;/h1-3,5-7,10-11H,4,8-9,12H2,(H3,19,20,21,22);1H. The van der Waals surface area contributed by atoms with Gasteiger partial charge in [-0.05, 0) is 42.7 Å². The second-order valence-corrected chi connectivity index (χ2v) is 6.60. The van der Waals surface area contributed by atoms with Crippen molar-refractivity contribution in [2.45, 2.75) is 24.7 Å². The van der Waals surface area contributed by atoms with Crippen molar-refractivity contribution >= 4 is 51.7 Å². The second-order valence-electron chi connectivity index (χ2n) is 5.69. The molecule has 0 atom stereocenters. The molecule has 3 rings (SSSR count). The lowest BCUT2D eigenvalue weighted by molar-refractivity contribution is 0.253. The third-order valence-electron chi connectivity index (χ3n) is 4.22. The molecule has 0 radical (unpaired) electrons. The molecule has 1 fully saturated rings. The molecule has 0 bridgehead atoms. The van der Waals surface area contributed by atoms with Crippen LogP contribution in [0.25, 0.3) is 0 Å². The van der Waals surface area contributed by atoms with Crippen molar-refractivity contribution < 1.29 is 0 Å². The average Bonchev–Trinajstić information content (AvgIpc) is 2.47. The van der Waals surface area contributed by atoms with Gasteiger partial charge in [-0.2, -0.15) is 0 Å². The zero-order valence-electron chi connectivity index (χ0n) is 12.7. The van der Waals surface area contributed by atoms with Gasteiger partial charge in [0.05, 0.1) is 6.54 Å². The highest BCUT2D eigenvalue weighted by Gasteiger charge is 2.38. The van der Waals surface area contributed by atoms with E-state index in [9.17, 15) is 0 Å². The lowest BCUT2D eigenvalue weighted by atomic mass is 9.64. The fourth-order valence-electron chi connectivity index (χ4n) is 2.80. The van der Waals surface area contributed by atoms with Gasteiger partial charge in [0.25, 0.3) is 0 Å². The van der Waals surface area contributed by atoms with Crippen LogP contribution in [0.15, 0.2) is 58.1 Å². The summed E-state index contributed by atoms with van der Waals surface area (Å²) in [4.78, 5) is 8.74. The number of nitrogens with zero attached hydrogens (tertiary/aromatic N) is 2. The molecule has 1 saturated carbocycles. The first-order valence-electron chi connectivity index (χ1n) is 7.42. The van der Waals surface area contributed by atoms with Gasteiger partial charge in [-0.15, -0.1) is 24.0 Å². The average molecular weight is 487 g/mol. The molecule has 2 aromatic rings. The molecule has 0 unspecified atom stereocenters. The Balaban J connectivity index is 0.00000192. The molecule has 1 aliphatic rings. The van der Waals surface area contributed by atoms with Crippen LogP contribution < -0.4 is 11.1 Å². The quantitative estimate of drug-likeness (QED) is 0.384. The number of aliphatic imine (C=N–C) groups is 1. The maximum atomic E-state index is 5.99. The van der Waals surface area contributed by atoms with E-state index >= 15 is 0 Å². The van der Waals surface area contributed by atoms with Gasteiger partial charge in [0.1, 0.15) is 5.82 Å². The highest BCUT2D eigenvalue weighted by molar-refractivity contribution is 14.0. The molecule has 4 nitrogen and oxygen atoms in total. The molecule has 23 heavy (non-hydrogen) atoms. The summed E-state index contributed by atoms with van der Waals surface area (Å²) in [5.74, 6) is 1.13. The molecule has 0 saturated heterocycles. The van der Waals surface area contributed by atoms with E-state index in [4.69, 9.17) is 5.73 Å². The molecule has 1 heterocycles. The molecule has 3 N–H and O–H groups in total. The van der Waals surface area contributed by atoms with E-state index < -0.39 is 0 Å². The Morgan fingerprint density at radius 3 is 2.70 bits per heavy atom. The lowest BCUT2D eigenvalue weighted by Gasteiger charge is -2.41. The number of nitrogens with one attached hydrogen (secondary N) is 1. The van der Waals surface area contributed by atoms with Crippen LogP contribution in [0.3, 0.4) is 0 Å². The molecule has 1 aromatic heterocycles. The first-order valence-corrected chi connectivity index (χ1v) is 8.21. The summed E-state index contributed by atoms with van der Waals surface area (Å²) in [7, 11) is 0. The summed E-state index contributed by atoms with van der Waals surface area (Å²) >= 11 is 3.55. The molecule has 6 heteroatoms. The van der Waals surface area contributed by atoms with Gasteiger partial charge in [0.2, 0.25) is 0 Å². The summed E-state index contributed by atoms with van der Waals surface area (Å²) in [5.41, 5.74) is 7.45. The molecular formula is C17H20BrIN4. The van der Waals surface area contributed by atoms with Gasteiger partial charge in [0, 0.05) is 16.1 Å². The fourth-order valence-corrected chi connectivity index (χ4v) is 3.20. The van der Waals surface area contributed by atoms with Gasteiger partial charge in [-0.25, -0.2) is 4.98 Å². The largest absolute Gasteiger partial charge is 0.370 e. The van der Waals surface area contributed by atoms with Crippen LogP contribution in [0.5, 0.6) is 0 Å². The van der Waals surface area contributed by atoms with Crippen molar-refractivity contribution in [2.75, 3.05) is 11.9 Å². The minimum atomic E-state index is 0. The van der Waals surface area contributed by atoms with Crippen LogP contribution in [-0.2, 0) is 5.41 Å². The number of pyridine rings is 1. The van der Waals surface area contributed by atoms with E-state index in [0.717, 1.165) is 17.3 Å². The number of anilines is 1. The summed E-state index contributed by atoms with van der Waals surface area (Å²) < 4.78 is 1.11. The SMILES string of the molecule is I.NC(=NCC1(c2cccc(Br)c2)CCC1)Nc1ccccn1. The van der Waals surface area contributed by atoms with E-state index in [1.54, 1.807) is 6.20 Å². The van der Waals surface area contributed by atoms with E-state index in [1.807, 2.05) is 18.2 Å². The second kappa shape index (κ2) is 8.10. The summed E-state index contributed by atoms with van der Waals surface area (Å²) in [6.07, 6.45) is 5.29. The number of hydrogen-bond donors (Lipinski definition) is 2. The molecule has 0 aliphatic heterocycles. The third kappa shape index (κ3) is 4.44. The van der Waals surface area contributed by atoms with Gasteiger partial charge in [0.15, 0.2) is 5.96 Å². The molecular weight excluding hydrogens is 467 g/mol. The minimum Gasteiger partial charge on any atom is -0.370 e. The van der Waals surface area contributed by atoms with Crippen LogP contribution in [0.4, 0.5) is 5.82 Å². The zero-order chi connectivity index (χ0) is 15.4. The van der Waals surface area contributed by atoms with Crippen LogP contribution in [-0.4, -0.2) is 17.5 Å². The van der Waals surface area contributed by atoms with Gasteiger partial charge >= 0.3 is 0 Å². The number of nitrogens with two attached hydrogens (primary N) is 1. The zero-order valence-corrected chi connectivity index (χ0v) is 16.6. The highest BCUT2D eigenvalue weighted by Crippen LogP contribution is 2.44. The maximum Gasteiger partial charge on any atom is 0.194 e. The van der Waals surface area contributed by atoms with Crippen molar-refractivity contribution in [1.29, 1.82) is 0 Å². The van der Waals surface area contributed by atoms with Crippen molar-refractivity contribution in [3.05, 3.63) is 58.7 Å². The van der Waals surface area contributed by atoms with Crippen molar-refractivity contribution in [2.24, 2.45) is 10.7 Å². The maximum absolute atomic E-state index is 5.99. The number of rotatable bonds is 4. The highest BCUT2D eigenvalue weighted by atomic mass is 127. The van der Waals surface area contributed by atoms with Crippen LogP contribution in [0.2, 0.25) is 0 Å². The molecule has 0 amide bonds.